The maximum atomic E-state index is 11.9. The van der Waals surface area contributed by atoms with Gasteiger partial charge in [-0.3, -0.25) is 0 Å². The molecule has 0 bridgehead atoms. The molecule has 0 saturated heterocycles. The number of carboxylic acid groups (broad SMARTS) is 1. The molecule has 0 amide bonds. The average molecular weight is 296 g/mol. The second-order valence-electron chi connectivity index (χ2n) is 4.27. The Kier molecular flexibility index (Phi) is 3.53. The van der Waals surface area contributed by atoms with E-state index >= 15 is 0 Å². The van der Waals surface area contributed by atoms with E-state index < -0.39 is 21.2 Å². The Morgan fingerprint density at radius 3 is 2.70 bits per heavy atom. The molecule has 9 heteroatoms. The van der Waals surface area contributed by atoms with Crippen molar-refractivity contribution in [3.8, 4) is 11.4 Å². The molecule has 0 aliphatic carbocycles. The van der Waals surface area contributed by atoms with Crippen LogP contribution in [0.4, 0.5) is 0 Å². The van der Waals surface area contributed by atoms with Gasteiger partial charge in [-0.25, -0.2) is 23.2 Å². The largest absolute Gasteiger partial charge is 0.477 e. The molecular formula is C11H12N4O4S. The number of nitrogens with zero attached hydrogens (tertiary/aromatic N) is 4. The van der Waals surface area contributed by atoms with Crippen molar-refractivity contribution < 1.29 is 18.3 Å². The molecule has 0 spiro atoms. The molecule has 2 aromatic heterocycles. The van der Waals surface area contributed by atoms with Gasteiger partial charge < -0.3 is 5.11 Å². The van der Waals surface area contributed by atoms with E-state index in [-0.39, 0.29) is 11.5 Å². The molecule has 0 aliphatic rings. The van der Waals surface area contributed by atoms with Gasteiger partial charge >= 0.3 is 5.97 Å². The normalized spacial score (nSPS) is 11.8. The molecule has 0 unspecified atom stereocenters. The van der Waals surface area contributed by atoms with E-state index in [4.69, 9.17) is 5.11 Å². The fourth-order valence-electron chi connectivity index (χ4n) is 1.39. The van der Waals surface area contributed by atoms with Gasteiger partial charge in [0.05, 0.1) is 23.2 Å². The Hall–Kier alpha value is -2.29. The minimum atomic E-state index is -3.56. The molecule has 2 aromatic rings. The number of carboxylic acids is 1. The molecular weight excluding hydrogens is 284 g/mol. The summed E-state index contributed by atoms with van der Waals surface area (Å²) in [5.74, 6) is -1.08. The predicted octanol–water partition coefficient (Wildman–Crippen LogP) is 0.625. The third kappa shape index (κ3) is 2.52. The standard InChI is InChI=1S/C11H12N4O4S/c1-7(2)20(18,19)15-6-8(5-13-15)10-12-4-3-9(14-10)11(16)17/h3-7H,1-2H3,(H,16,17). The van der Waals surface area contributed by atoms with Crippen LogP contribution in [-0.2, 0) is 10.0 Å². The van der Waals surface area contributed by atoms with Crippen LogP contribution in [0, 0.1) is 0 Å². The third-order valence-corrected chi connectivity index (χ3v) is 4.46. The lowest BCUT2D eigenvalue weighted by atomic mass is 10.3. The minimum absolute atomic E-state index is 0.107. The van der Waals surface area contributed by atoms with Gasteiger partial charge in [0.1, 0.15) is 0 Å². The number of rotatable bonds is 4. The molecule has 0 aromatic carbocycles. The van der Waals surface area contributed by atoms with Gasteiger partial charge in [-0.2, -0.15) is 9.19 Å². The maximum absolute atomic E-state index is 11.9. The third-order valence-electron chi connectivity index (χ3n) is 2.55. The number of hydrogen-bond donors (Lipinski definition) is 1. The molecule has 0 saturated carbocycles. The van der Waals surface area contributed by atoms with Gasteiger partial charge in [0, 0.05) is 6.20 Å². The summed E-state index contributed by atoms with van der Waals surface area (Å²) in [4.78, 5) is 18.6. The number of aromatic nitrogens is 4. The molecule has 0 radical (unpaired) electrons. The smallest absolute Gasteiger partial charge is 0.354 e. The number of hydrogen-bond acceptors (Lipinski definition) is 6. The first-order valence-corrected chi connectivity index (χ1v) is 7.18. The summed E-state index contributed by atoms with van der Waals surface area (Å²) in [6.45, 7) is 3.08. The highest BCUT2D eigenvalue weighted by molar-refractivity contribution is 7.90. The van der Waals surface area contributed by atoms with E-state index in [9.17, 15) is 13.2 Å². The van der Waals surface area contributed by atoms with Crippen molar-refractivity contribution in [3.05, 3.63) is 30.4 Å². The summed E-state index contributed by atoms with van der Waals surface area (Å²) in [5, 5.41) is 12.0. The predicted molar refractivity (Wildman–Crippen MR) is 69.7 cm³/mol. The van der Waals surface area contributed by atoms with Crippen LogP contribution in [0.25, 0.3) is 11.4 Å². The number of carbonyl (C=O) groups is 1. The van der Waals surface area contributed by atoms with Crippen molar-refractivity contribution in [2.45, 2.75) is 19.1 Å². The molecule has 0 fully saturated rings. The molecule has 1 N–H and O–H groups in total. The first-order valence-electron chi connectivity index (χ1n) is 5.68. The maximum Gasteiger partial charge on any atom is 0.354 e. The zero-order valence-corrected chi connectivity index (χ0v) is 11.6. The van der Waals surface area contributed by atoms with E-state index in [0.717, 1.165) is 4.09 Å². The van der Waals surface area contributed by atoms with Crippen LogP contribution in [0.15, 0.2) is 24.7 Å². The van der Waals surface area contributed by atoms with Crippen LogP contribution in [0.2, 0.25) is 0 Å². The van der Waals surface area contributed by atoms with Gasteiger partial charge in [-0.15, -0.1) is 0 Å². The van der Waals surface area contributed by atoms with Crippen molar-refractivity contribution in [2.75, 3.05) is 0 Å². The summed E-state index contributed by atoms with van der Waals surface area (Å²) in [6, 6.07) is 1.25. The Morgan fingerprint density at radius 1 is 1.40 bits per heavy atom. The van der Waals surface area contributed by atoms with Crippen LogP contribution in [0.5, 0.6) is 0 Å². The molecule has 20 heavy (non-hydrogen) atoms. The number of aromatic carboxylic acids is 1. The fourth-order valence-corrected chi connectivity index (χ4v) is 2.26. The first kappa shape index (κ1) is 14.1. The van der Waals surface area contributed by atoms with E-state index in [1.807, 2.05) is 0 Å². The van der Waals surface area contributed by atoms with Crippen molar-refractivity contribution in [1.29, 1.82) is 0 Å². The van der Waals surface area contributed by atoms with Crippen molar-refractivity contribution in [3.63, 3.8) is 0 Å². The first-order chi connectivity index (χ1) is 9.32. The van der Waals surface area contributed by atoms with Crippen LogP contribution < -0.4 is 0 Å². The van der Waals surface area contributed by atoms with Crippen molar-refractivity contribution in [1.82, 2.24) is 19.2 Å². The van der Waals surface area contributed by atoms with Gasteiger partial charge in [0.25, 0.3) is 10.0 Å². The van der Waals surface area contributed by atoms with Crippen molar-refractivity contribution >= 4 is 16.0 Å². The van der Waals surface area contributed by atoms with Gasteiger partial charge in [0.15, 0.2) is 11.5 Å². The fraction of sp³-hybridized carbons (Fsp3) is 0.273. The quantitative estimate of drug-likeness (QED) is 0.879. The zero-order chi connectivity index (χ0) is 14.9. The molecule has 2 rings (SSSR count). The van der Waals surface area contributed by atoms with E-state index in [1.54, 1.807) is 0 Å². The Labute approximate surface area is 115 Å². The highest BCUT2D eigenvalue weighted by atomic mass is 32.2. The Morgan fingerprint density at radius 2 is 2.10 bits per heavy atom. The Balaban J connectivity index is 2.44. The average Bonchev–Trinajstić information content (AvgIpc) is 2.88. The molecule has 2 heterocycles. The summed E-state index contributed by atoms with van der Waals surface area (Å²) in [7, 11) is -3.56. The lowest BCUT2D eigenvalue weighted by molar-refractivity contribution is 0.0690. The SMILES string of the molecule is CC(C)S(=O)(=O)n1cc(-c2nccc(C(=O)O)n2)cn1. The van der Waals surface area contributed by atoms with Crippen molar-refractivity contribution in [2.24, 2.45) is 0 Å². The molecule has 0 aliphatic heterocycles. The van der Waals surface area contributed by atoms with Crippen LogP contribution in [0.1, 0.15) is 24.3 Å². The summed E-state index contributed by atoms with van der Waals surface area (Å²) in [6.07, 6.45) is 3.83. The summed E-state index contributed by atoms with van der Waals surface area (Å²) >= 11 is 0. The monoisotopic (exact) mass is 296 g/mol. The van der Waals surface area contributed by atoms with E-state index in [2.05, 4.69) is 15.1 Å². The molecule has 8 nitrogen and oxygen atoms in total. The van der Waals surface area contributed by atoms with Gasteiger partial charge in [0.2, 0.25) is 0 Å². The summed E-state index contributed by atoms with van der Waals surface area (Å²) < 4.78 is 24.7. The topological polar surface area (TPSA) is 115 Å². The minimum Gasteiger partial charge on any atom is -0.477 e. The van der Waals surface area contributed by atoms with E-state index in [1.165, 1.54) is 38.5 Å². The second-order valence-corrected chi connectivity index (χ2v) is 6.61. The highest BCUT2D eigenvalue weighted by Crippen LogP contribution is 2.16. The molecule has 0 atom stereocenters. The second kappa shape index (κ2) is 5.00. The lowest BCUT2D eigenvalue weighted by Gasteiger charge is -2.06. The lowest BCUT2D eigenvalue weighted by Crippen LogP contribution is -2.22. The van der Waals surface area contributed by atoms with E-state index in [0.29, 0.717) is 5.56 Å². The van der Waals surface area contributed by atoms with Crippen LogP contribution >= 0.6 is 0 Å². The van der Waals surface area contributed by atoms with Gasteiger partial charge in [-0.1, -0.05) is 0 Å². The Bertz CT molecular complexity index is 751. The molecule has 106 valence electrons. The van der Waals surface area contributed by atoms with Crippen LogP contribution in [0.3, 0.4) is 0 Å². The summed E-state index contributed by atoms with van der Waals surface area (Å²) in [5.41, 5.74) is 0.159. The zero-order valence-electron chi connectivity index (χ0n) is 10.8. The van der Waals surface area contributed by atoms with Crippen LogP contribution in [-0.4, -0.2) is 43.9 Å². The highest BCUT2D eigenvalue weighted by Gasteiger charge is 2.20. The van der Waals surface area contributed by atoms with Gasteiger partial charge in [-0.05, 0) is 19.9 Å².